The highest BCUT2D eigenvalue weighted by Gasteiger charge is 2.36. The zero-order chi connectivity index (χ0) is 12.1. The lowest BCUT2D eigenvalue weighted by Gasteiger charge is -2.36. The molecule has 0 saturated carbocycles. The number of aliphatic hydroxyl groups is 1. The van der Waals surface area contributed by atoms with E-state index >= 15 is 0 Å². The molecule has 0 fully saturated rings. The normalized spacial score (nSPS) is 14.5. The molecule has 0 rings (SSSR count). The van der Waals surface area contributed by atoms with E-state index in [4.69, 9.17) is 9.53 Å². The summed E-state index contributed by atoms with van der Waals surface area (Å²) < 4.78 is 18.4. The van der Waals surface area contributed by atoms with Crippen molar-refractivity contribution in [3.05, 3.63) is 11.9 Å². The van der Waals surface area contributed by atoms with Gasteiger partial charge < -0.3 is 9.53 Å². The van der Waals surface area contributed by atoms with Crippen LogP contribution >= 0.6 is 0 Å². The molecule has 0 aromatic carbocycles. The van der Waals surface area contributed by atoms with Gasteiger partial charge in [0.2, 0.25) is 0 Å². The maximum Gasteiger partial charge on any atom is 0.191 e. The molecular weight excluding hydrogens is 211 g/mol. The second-order valence-electron chi connectivity index (χ2n) is 5.21. The van der Waals surface area contributed by atoms with Crippen LogP contribution in [-0.2, 0) is 4.43 Å². The van der Waals surface area contributed by atoms with E-state index in [1.165, 1.54) is 6.08 Å². The highest BCUT2D eigenvalue weighted by molar-refractivity contribution is 6.74. The number of halogens is 1. The summed E-state index contributed by atoms with van der Waals surface area (Å²) in [6.07, 6.45) is 1.91. The predicted molar refractivity (Wildman–Crippen MR) is 64.0 cm³/mol. The van der Waals surface area contributed by atoms with Crippen molar-refractivity contribution in [1.29, 1.82) is 0 Å². The lowest BCUT2D eigenvalue weighted by atomic mass is 10.2. The molecule has 0 heterocycles. The van der Waals surface area contributed by atoms with Crippen molar-refractivity contribution in [2.45, 2.75) is 45.3 Å². The molecule has 15 heavy (non-hydrogen) atoms. The molecule has 0 aliphatic carbocycles. The maximum absolute atomic E-state index is 12.6. The second-order valence-corrected chi connectivity index (χ2v) is 10.0. The molecule has 4 heteroatoms. The first-order valence-corrected chi connectivity index (χ1v) is 8.21. The smallest absolute Gasteiger partial charge is 0.191 e. The van der Waals surface area contributed by atoms with E-state index in [1.54, 1.807) is 0 Å². The molecule has 0 radical (unpaired) electrons. The fraction of sp³-hybridized carbons (Fsp3) is 0.818. The van der Waals surface area contributed by atoms with E-state index in [2.05, 4.69) is 33.9 Å². The Morgan fingerprint density at radius 1 is 1.40 bits per heavy atom. The van der Waals surface area contributed by atoms with Gasteiger partial charge in [-0.2, -0.15) is 0 Å². The van der Waals surface area contributed by atoms with Crippen LogP contribution in [0.25, 0.3) is 0 Å². The van der Waals surface area contributed by atoms with Gasteiger partial charge >= 0.3 is 0 Å². The van der Waals surface area contributed by atoms with Crippen LogP contribution in [0.15, 0.2) is 11.9 Å². The minimum atomic E-state index is -1.70. The highest BCUT2D eigenvalue weighted by Crippen LogP contribution is 2.36. The molecule has 0 aliphatic rings. The summed E-state index contributed by atoms with van der Waals surface area (Å²) in [4.78, 5) is 0. The minimum Gasteiger partial charge on any atom is -0.417 e. The first-order valence-electron chi connectivity index (χ1n) is 5.30. The van der Waals surface area contributed by atoms with Gasteiger partial charge in [-0.25, -0.2) is 4.39 Å². The van der Waals surface area contributed by atoms with Gasteiger partial charge in [0.15, 0.2) is 8.32 Å². The van der Waals surface area contributed by atoms with Gasteiger partial charge in [-0.05, 0) is 30.6 Å². The highest BCUT2D eigenvalue weighted by atomic mass is 28.4. The third-order valence-electron chi connectivity index (χ3n) is 2.90. The number of hydrogen-bond acceptors (Lipinski definition) is 2. The summed E-state index contributed by atoms with van der Waals surface area (Å²) >= 11 is 0. The van der Waals surface area contributed by atoms with Crippen LogP contribution < -0.4 is 0 Å². The van der Waals surface area contributed by atoms with Gasteiger partial charge in [-0.3, -0.25) is 0 Å². The lowest BCUT2D eigenvalue weighted by molar-refractivity contribution is 0.284. The Hall–Kier alpha value is -0.193. The Balaban J connectivity index is 3.97. The predicted octanol–water partition coefficient (Wildman–Crippen LogP) is 3.24. The van der Waals surface area contributed by atoms with Crippen LogP contribution in [-0.4, -0.2) is 26.6 Å². The fourth-order valence-electron chi connectivity index (χ4n) is 0.811. The number of hydrogen-bond donors (Lipinski definition) is 1. The lowest BCUT2D eigenvalue weighted by Crippen LogP contribution is -2.40. The Morgan fingerprint density at radius 3 is 2.33 bits per heavy atom. The molecule has 0 unspecified atom stereocenters. The zero-order valence-corrected chi connectivity index (χ0v) is 11.4. The van der Waals surface area contributed by atoms with Crippen LogP contribution in [0.3, 0.4) is 0 Å². The van der Waals surface area contributed by atoms with E-state index in [1.807, 2.05) is 0 Å². The van der Waals surface area contributed by atoms with E-state index in [-0.39, 0.29) is 5.04 Å². The molecule has 0 atom stereocenters. The van der Waals surface area contributed by atoms with E-state index in [0.29, 0.717) is 13.0 Å². The Labute approximate surface area is 93.3 Å². The van der Waals surface area contributed by atoms with Crippen molar-refractivity contribution in [1.82, 2.24) is 0 Å². The van der Waals surface area contributed by atoms with Crippen molar-refractivity contribution in [3.63, 3.8) is 0 Å². The summed E-state index contributed by atoms with van der Waals surface area (Å²) in [6.45, 7) is 10.9. The van der Waals surface area contributed by atoms with Crippen molar-refractivity contribution < 1.29 is 13.9 Å². The first kappa shape index (κ1) is 14.8. The van der Waals surface area contributed by atoms with Crippen LogP contribution in [0.1, 0.15) is 27.2 Å². The Bertz CT molecular complexity index is 219. The summed E-state index contributed by atoms with van der Waals surface area (Å²) in [5.74, 6) is -0.478. The van der Waals surface area contributed by atoms with Crippen molar-refractivity contribution in [3.8, 4) is 0 Å². The third kappa shape index (κ3) is 5.44. The molecule has 1 N–H and O–H groups in total. The molecule has 0 bridgehead atoms. The van der Waals surface area contributed by atoms with Crippen molar-refractivity contribution >= 4 is 8.32 Å². The molecule has 0 aromatic heterocycles. The summed E-state index contributed by atoms with van der Waals surface area (Å²) in [5, 5.41) is 8.63. The second kappa shape index (κ2) is 5.77. The minimum absolute atomic E-state index is 0.187. The van der Waals surface area contributed by atoms with Gasteiger partial charge in [-0.15, -0.1) is 0 Å². The molecule has 90 valence electrons. The van der Waals surface area contributed by atoms with Gasteiger partial charge in [0.25, 0.3) is 0 Å². The fourth-order valence-corrected chi connectivity index (χ4v) is 1.87. The standard InChI is InChI=1S/C11H23FO2Si/c1-11(2,3)15(4,5)14-8-6-7-10(12)9-13/h7,13H,6,8-9H2,1-5H3. The topological polar surface area (TPSA) is 29.5 Å². The maximum atomic E-state index is 12.6. The van der Waals surface area contributed by atoms with Crippen LogP contribution in [0.4, 0.5) is 4.39 Å². The Morgan fingerprint density at radius 2 is 1.93 bits per heavy atom. The molecule has 0 saturated heterocycles. The molecule has 0 spiro atoms. The summed E-state index contributed by atoms with van der Waals surface area (Å²) in [7, 11) is -1.70. The van der Waals surface area contributed by atoms with Gasteiger partial charge in [0.1, 0.15) is 5.83 Å². The van der Waals surface area contributed by atoms with E-state index in [0.717, 1.165) is 0 Å². The van der Waals surface area contributed by atoms with Crippen molar-refractivity contribution in [2.75, 3.05) is 13.2 Å². The summed E-state index contributed by atoms with van der Waals surface area (Å²) in [6, 6.07) is 0. The summed E-state index contributed by atoms with van der Waals surface area (Å²) in [5.41, 5.74) is 0. The number of rotatable bonds is 5. The van der Waals surface area contributed by atoms with E-state index < -0.39 is 20.8 Å². The largest absolute Gasteiger partial charge is 0.417 e. The molecule has 0 amide bonds. The first-order chi connectivity index (χ1) is 6.70. The molecule has 0 aromatic rings. The monoisotopic (exact) mass is 234 g/mol. The van der Waals surface area contributed by atoms with Crippen LogP contribution in [0.2, 0.25) is 18.1 Å². The SMILES string of the molecule is CC(C)(C)[Si](C)(C)OCCC=C(F)CO. The number of aliphatic hydroxyl groups excluding tert-OH is 1. The third-order valence-corrected chi connectivity index (χ3v) is 7.44. The van der Waals surface area contributed by atoms with Gasteiger partial charge in [0, 0.05) is 6.61 Å². The average molecular weight is 234 g/mol. The average Bonchev–Trinajstić information content (AvgIpc) is 2.10. The van der Waals surface area contributed by atoms with Crippen molar-refractivity contribution in [2.24, 2.45) is 0 Å². The van der Waals surface area contributed by atoms with Crippen LogP contribution in [0, 0.1) is 0 Å². The molecular formula is C11H23FO2Si. The van der Waals surface area contributed by atoms with Gasteiger partial charge in [0.05, 0.1) is 6.61 Å². The molecule has 2 nitrogen and oxygen atoms in total. The molecule has 0 aliphatic heterocycles. The van der Waals surface area contributed by atoms with Crippen LogP contribution in [0.5, 0.6) is 0 Å². The zero-order valence-electron chi connectivity index (χ0n) is 10.4. The quantitative estimate of drug-likeness (QED) is 0.584. The Kier molecular flexibility index (Phi) is 5.70. The van der Waals surface area contributed by atoms with E-state index in [9.17, 15) is 4.39 Å². The van der Waals surface area contributed by atoms with Gasteiger partial charge in [-0.1, -0.05) is 20.8 Å².